The highest BCUT2D eigenvalue weighted by molar-refractivity contribution is 6.30. The second-order valence-corrected chi connectivity index (χ2v) is 5.72. The number of benzene rings is 1. The van der Waals surface area contributed by atoms with Crippen molar-refractivity contribution < 1.29 is 4.74 Å². The molecule has 1 saturated heterocycles. The van der Waals surface area contributed by atoms with Crippen molar-refractivity contribution in [3.63, 3.8) is 0 Å². The Labute approximate surface area is 120 Å². The molecule has 0 saturated carbocycles. The molecule has 1 aliphatic heterocycles. The van der Waals surface area contributed by atoms with E-state index in [1.54, 1.807) is 0 Å². The van der Waals surface area contributed by atoms with Gasteiger partial charge < -0.3 is 4.74 Å². The Kier molecular flexibility index (Phi) is 5.64. The van der Waals surface area contributed by atoms with E-state index in [0.717, 1.165) is 30.9 Å². The van der Waals surface area contributed by atoms with Gasteiger partial charge in [-0.2, -0.15) is 0 Å². The summed E-state index contributed by atoms with van der Waals surface area (Å²) < 4.78 is 5.64. The molecule has 0 spiro atoms. The average Bonchev–Trinajstić information content (AvgIpc) is 2.89. The van der Waals surface area contributed by atoms with Crippen molar-refractivity contribution in [3.05, 3.63) is 34.3 Å². The van der Waals surface area contributed by atoms with Crippen molar-refractivity contribution in [2.45, 2.75) is 51.2 Å². The summed E-state index contributed by atoms with van der Waals surface area (Å²) in [5.41, 5.74) is 5.34. The second-order valence-electron chi connectivity index (χ2n) is 5.29. The zero-order valence-electron chi connectivity index (χ0n) is 11.5. The molecule has 4 heteroatoms. The molecule has 1 aromatic rings. The fourth-order valence-corrected chi connectivity index (χ4v) is 3.01. The van der Waals surface area contributed by atoms with E-state index in [4.69, 9.17) is 22.2 Å². The van der Waals surface area contributed by atoms with Crippen LogP contribution in [-0.2, 0) is 4.74 Å². The predicted molar refractivity (Wildman–Crippen MR) is 79.1 cm³/mol. The van der Waals surface area contributed by atoms with Crippen molar-refractivity contribution in [2.75, 3.05) is 6.61 Å². The highest BCUT2D eigenvalue weighted by Gasteiger charge is 2.17. The van der Waals surface area contributed by atoms with Gasteiger partial charge in [0, 0.05) is 17.7 Å². The molecule has 0 bridgehead atoms. The van der Waals surface area contributed by atoms with Crippen LogP contribution in [0.1, 0.15) is 49.3 Å². The Morgan fingerprint density at radius 2 is 2.37 bits per heavy atom. The summed E-state index contributed by atoms with van der Waals surface area (Å²) in [5.74, 6) is 5.69. The molecule has 2 unspecified atom stereocenters. The van der Waals surface area contributed by atoms with E-state index in [0.29, 0.717) is 6.10 Å². The lowest BCUT2D eigenvalue weighted by molar-refractivity contribution is 0.101. The Morgan fingerprint density at radius 3 is 3.00 bits per heavy atom. The van der Waals surface area contributed by atoms with Gasteiger partial charge in [0.2, 0.25) is 0 Å². The van der Waals surface area contributed by atoms with Gasteiger partial charge in [-0.1, -0.05) is 17.7 Å². The van der Waals surface area contributed by atoms with Crippen molar-refractivity contribution in [1.82, 2.24) is 5.43 Å². The van der Waals surface area contributed by atoms with Gasteiger partial charge in [-0.25, -0.2) is 0 Å². The highest BCUT2D eigenvalue weighted by Crippen LogP contribution is 2.26. The van der Waals surface area contributed by atoms with Gasteiger partial charge in [-0.15, -0.1) is 0 Å². The number of nitrogens with two attached hydrogens (primary N) is 1. The maximum atomic E-state index is 5.99. The third-order valence-electron chi connectivity index (χ3n) is 3.85. The first-order chi connectivity index (χ1) is 9.20. The summed E-state index contributed by atoms with van der Waals surface area (Å²) in [7, 11) is 0. The highest BCUT2D eigenvalue weighted by atomic mass is 35.5. The fourth-order valence-electron chi connectivity index (χ4n) is 2.78. The average molecular weight is 283 g/mol. The van der Waals surface area contributed by atoms with Crippen molar-refractivity contribution in [1.29, 1.82) is 0 Å². The summed E-state index contributed by atoms with van der Waals surface area (Å²) in [6.45, 7) is 3.01. The normalized spacial score (nSPS) is 20.7. The number of hydrogen-bond acceptors (Lipinski definition) is 3. The molecule has 1 aromatic carbocycles. The van der Waals surface area contributed by atoms with Gasteiger partial charge in [0.1, 0.15) is 0 Å². The maximum absolute atomic E-state index is 5.99. The van der Waals surface area contributed by atoms with Gasteiger partial charge in [0.05, 0.1) is 6.10 Å². The first kappa shape index (κ1) is 14.8. The number of rotatable bonds is 6. The number of hydrazine groups is 1. The van der Waals surface area contributed by atoms with Crippen molar-refractivity contribution >= 4 is 11.6 Å². The predicted octanol–water partition coefficient (Wildman–Crippen LogP) is 3.50. The second kappa shape index (κ2) is 7.25. The van der Waals surface area contributed by atoms with Crippen LogP contribution >= 0.6 is 11.6 Å². The van der Waals surface area contributed by atoms with Crippen LogP contribution in [0.5, 0.6) is 0 Å². The van der Waals surface area contributed by atoms with Crippen molar-refractivity contribution in [2.24, 2.45) is 5.84 Å². The standard InChI is InChI=1S/C15H23ClN2O/c1-11-10-12(16)7-8-14(11)15(18-17)6-2-4-13-5-3-9-19-13/h7-8,10,13,15,18H,2-6,9,17H2,1H3. The van der Waals surface area contributed by atoms with E-state index in [2.05, 4.69) is 18.4 Å². The lowest BCUT2D eigenvalue weighted by Crippen LogP contribution is -2.28. The van der Waals surface area contributed by atoms with Crippen LogP contribution in [0.3, 0.4) is 0 Å². The number of halogens is 1. The third-order valence-corrected chi connectivity index (χ3v) is 4.09. The number of nitrogens with one attached hydrogen (secondary N) is 1. The quantitative estimate of drug-likeness (QED) is 0.620. The fraction of sp³-hybridized carbons (Fsp3) is 0.600. The summed E-state index contributed by atoms with van der Waals surface area (Å²) in [6.07, 6.45) is 6.16. The minimum Gasteiger partial charge on any atom is -0.378 e. The number of ether oxygens (including phenoxy) is 1. The molecule has 2 atom stereocenters. The minimum absolute atomic E-state index is 0.193. The Bertz CT molecular complexity index is 405. The van der Waals surface area contributed by atoms with E-state index in [1.165, 1.54) is 24.0 Å². The monoisotopic (exact) mass is 282 g/mol. The smallest absolute Gasteiger partial charge is 0.0576 e. The third kappa shape index (κ3) is 4.18. The van der Waals surface area contributed by atoms with Gasteiger partial charge >= 0.3 is 0 Å². The summed E-state index contributed by atoms with van der Waals surface area (Å²) >= 11 is 5.99. The van der Waals surface area contributed by atoms with Crippen LogP contribution in [0, 0.1) is 6.92 Å². The Morgan fingerprint density at radius 1 is 1.53 bits per heavy atom. The molecule has 0 radical (unpaired) electrons. The number of aryl methyl sites for hydroxylation is 1. The maximum Gasteiger partial charge on any atom is 0.0576 e. The molecule has 1 aliphatic rings. The van der Waals surface area contributed by atoms with Gasteiger partial charge in [-0.05, 0) is 62.3 Å². The molecular weight excluding hydrogens is 260 g/mol. The molecule has 1 fully saturated rings. The van der Waals surface area contributed by atoms with Crippen LogP contribution in [0.15, 0.2) is 18.2 Å². The van der Waals surface area contributed by atoms with E-state index in [9.17, 15) is 0 Å². The van der Waals surface area contributed by atoms with Crippen LogP contribution in [0.25, 0.3) is 0 Å². The molecule has 2 rings (SSSR count). The molecular formula is C15H23ClN2O. The first-order valence-electron chi connectivity index (χ1n) is 7.04. The molecule has 3 nitrogen and oxygen atoms in total. The van der Waals surface area contributed by atoms with Gasteiger partial charge in [0.25, 0.3) is 0 Å². The molecule has 1 heterocycles. The molecule has 106 valence electrons. The lowest BCUT2D eigenvalue weighted by Gasteiger charge is -2.19. The molecule has 0 aliphatic carbocycles. The Balaban J connectivity index is 1.88. The van der Waals surface area contributed by atoms with Gasteiger partial charge in [-0.3, -0.25) is 11.3 Å². The largest absolute Gasteiger partial charge is 0.378 e. The number of hydrogen-bond donors (Lipinski definition) is 2. The summed E-state index contributed by atoms with van der Waals surface area (Å²) in [6, 6.07) is 6.17. The van der Waals surface area contributed by atoms with Crippen LogP contribution in [-0.4, -0.2) is 12.7 Å². The van der Waals surface area contributed by atoms with E-state index < -0.39 is 0 Å². The zero-order chi connectivity index (χ0) is 13.7. The van der Waals surface area contributed by atoms with Crippen molar-refractivity contribution in [3.8, 4) is 0 Å². The molecule has 0 aromatic heterocycles. The van der Waals surface area contributed by atoms with E-state index >= 15 is 0 Å². The van der Waals surface area contributed by atoms with Crippen LogP contribution in [0.2, 0.25) is 5.02 Å². The van der Waals surface area contributed by atoms with E-state index in [-0.39, 0.29) is 6.04 Å². The first-order valence-corrected chi connectivity index (χ1v) is 7.42. The Hall–Kier alpha value is -0.610. The van der Waals surface area contributed by atoms with Crippen LogP contribution in [0.4, 0.5) is 0 Å². The lowest BCUT2D eigenvalue weighted by atomic mass is 9.96. The van der Waals surface area contributed by atoms with Crippen LogP contribution < -0.4 is 11.3 Å². The summed E-state index contributed by atoms with van der Waals surface area (Å²) in [5, 5.41) is 0.774. The minimum atomic E-state index is 0.193. The molecule has 0 amide bonds. The molecule has 3 N–H and O–H groups in total. The summed E-state index contributed by atoms with van der Waals surface area (Å²) in [4.78, 5) is 0. The molecule has 19 heavy (non-hydrogen) atoms. The zero-order valence-corrected chi connectivity index (χ0v) is 12.2. The van der Waals surface area contributed by atoms with Gasteiger partial charge in [0.15, 0.2) is 0 Å². The van der Waals surface area contributed by atoms with E-state index in [1.807, 2.05) is 12.1 Å². The topological polar surface area (TPSA) is 47.3 Å². The SMILES string of the molecule is Cc1cc(Cl)ccc1C(CCCC1CCCO1)NN.